The lowest BCUT2D eigenvalue weighted by Crippen LogP contribution is -2.59. The molecule has 0 bridgehead atoms. The number of allylic oxidation sites excluding steroid dienone is 8. The molecule has 0 radical (unpaired) electrons. The number of hydrogen-bond donors (Lipinski definition) is 5. The average molecular weight is 711 g/mol. The Kier molecular flexibility index (Phi) is 13.4. The summed E-state index contributed by atoms with van der Waals surface area (Å²) < 4.78 is 6.10. The number of aliphatic hydroxyl groups is 3. The van der Waals surface area contributed by atoms with Crippen molar-refractivity contribution in [3.05, 3.63) is 94.1 Å². The van der Waals surface area contributed by atoms with Gasteiger partial charge in [-0.05, 0) is 113 Å². The van der Waals surface area contributed by atoms with E-state index in [0.717, 1.165) is 66.4 Å². The van der Waals surface area contributed by atoms with Gasteiger partial charge in [0, 0.05) is 24.2 Å². The van der Waals surface area contributed by atoms with Crippen LogP contribution in [0.2, 0.25) is 0 Å². The Bertz CT molecular complexity index is 1650. The normalized spacial score (nSPS) is 31.0. The highest BCUT2D eigenvalue weighted by atomic mass is 16.5. The first-order valence-electron chi connectivity index (χ1n) is 19.5. The molecule has 1 aliphatic heterocycles. The number of nitrogens with two attached hydrogens (primary N) is 2. The standard InChI is InChI=1S/C45H62N2O5/c1-31-12-5-8-27-52-30-36(18-10-15-32(2)14-9-13-31)38-20-26-45(41(38)49)39(21-25-44(51)22-6-7-23-44)37(19-24-43(45,4)50)33(3)40(48)29-34-16-11-17-35(28-34)42(46)47/h10-11,13,15-18,28,38-39,41-42,49-51H,2,6-7,9,12,14,19-27,29-30,46-47H2,1,3-4H3. The minimum Gasteiger partial charge on any atom is -0.392 e. The van der Waals surface area contributed by atoms with Gasteiger partial charge in [0.1, 0.15) is 6.61 Å². The average Bonchev–Trinajstić information content (AvgIpc) is 3.69. The molecule has 0 aromatic heterocycles. The minimum absolute atomic E-state index is 0.0119. The van der Waals surface area contributed by atoms with Gasteiger partial charge in [0.15, 0.2) is 5.78 Å². The Balaban J connectivity index is 1.50. The van der Waals surface area contributed by atoms with Crippen LogP contribution < -0.4 is 11.5 Å². The number of hydrogen-bond acceptors (Lipinski definition) is 7. The molecule has 4 aliphatic rings. The van der Waals surface area contributed by atoms with Crippen molar-refractivity contribution in [2.75, 3.05) is 13.2 Å². The minimum atomic E-state index is -1.19. The highest BCUT2D eigenvalue weighted by Gasteiger charge is 2.64. The summed E-state index contributed by atoms with van der Waals surface area (Å²) in [5.41, 5.74) is 15.6. The zero-order valence-electron chi connectivity index (χ0n) is 31.8. The molecule has 7 heteroatoms. The van der Waals surface area contributed by atoms with Crippen molar-refractivity contribution in [2.24, 2.45) is 28.7 Å². The molecule has 3 aliphatic carbocycles. The number of carbonyl (C=O) groups excluding carboxylic acids is 1. The van der Waals surface area contributed by atoms with E-state index in [-0.39, 0.29) is 24.0 Å². The van der Waals surface area contributed by atoms with Crippen molar-refractivity contribution < 1.29 is 24.9 Å². The number of ketones is 1. The van der Waals surface area contributed by atoms with Crippen LogP contribution >= 0.6 is 0 Å². The van der Waals surface area contributed by atoms with Gasteiger partial charge in [0.2, 0.25) is 0 Å². The fraction of sp³-hybridized carbons (Fsp3) is 0.578. The topological polar surface area (TPSA) is 139 Å². The van der Waals surface area contributed by atoms with Crippen LogP contribution in [0.3, 0.4) is 0 Å². The van der Waals surface area contributed by atoms with Crippen LogP contribution in [0.5, 0.6) is 0 Å². The first-order chi connectivity index (χ1) is 24.8. The second-order valence-electron chi connectivity index (χ2n) is 16.3. The Labute approximate surface area is 312 Å². The van der Waals surface area contributed by atoms with E-state index in [1.54, 1.807) is 0 Å². The molecular formula is C45H62N2O5. The van der Waals surface area contributed by atoms with Crippen LogP contribution in [0.1, 0.15) is 122 Å². The van der Waals surface area contributed by atoms with E-state index in [9.17, 15) is 20.1 Å². The SMILES string of the molecule is C=C1C=CC=C(C2CCC3(C(CCC4(O)CCCC4)C(=C(C)C(=O)Cc4cccc(C(N)N)c4)CCC3(C)O)C2O)COCC#CCC(C)=CCC1. The highest BCUT2D eigenvalue weighted by Crippen LogP contribution is 2.63. The molecule has 1 heterocycles. The Morgan fingerprint density at radius 3 is 2.63 bits per heavy atom. The van der Waals surface area contributed by atoms with Gasteiger partial charge >= 0.3 is 0 Å². The predicted octanol–water partition coefficient (Wildman–Crippen LogP) is 7.22. The van der Waals surface area contributed by atoms with Crippen molar-refractivity contribution in [1.82, 2.24) is 0 Å². The fourth-order valence-corrected chi connectivity index (χ4v) is 9.59. The van der Waals surface area contributed by atoms with Crippen LogP contribution in [0, 0.1) is 29.1 Å². The van der Waals surface area contributed by atoms with Crippen LogP contribution in [-0.2, 0) is 16.0 Å². The van der Waals surface area contributed by atoms with Gasteiger partial charge in [-0.3, -0.25) is 4.79 Å². The summed E-state index contributed by atoms with van der Waals surface area (Å²) in [7, 11) is 0. The van der Waals surface area contributed by atoms with Crippen LogP contribution in [0.4, 0.5) is 0 Å². The van der Waals surface area contributed by atoms with E-state index >= 15 is 0 Å². The quantitative estimate of drug-likeness (QED) is 0.0831. The molecule has 52 heavy (non-hydrogen) atoms. The van der Waals surface area contributed by atoms with Crippen LogP contribution in [-0.4, -0.2) is 51.6 Å². The fourth-order valence-electron chi connectivity index (χ4n) is 9.59. The summed E-state index contributed by atoms with van der Waals surface area (Å²) >= 11 is 0. The molecule has 1 spiro atoms. The summed E-state index contributed by atoms with van der Waals surface area (Å²) in [6.07, 6.45) is 16.4. The maximum Gasteiger partial charge on any atom is 0.162 e. The summed E-state index contributed by atoms with van der Waals surface area (Å²) in [5.74, 6) is 5.83. The molecule has 0 amide bonds. The zero-order valence-corrected chi connectivity index (χ0v) is 31.8. The molecule has 282 valence electrons. The largest absolute Gasteiger partial charge is 0.392 e. The molecule has 7 nitrogen and oxygen atoms in total. The molecule has 1 aromatic rings. The lowest BCUT2D eigenvalue weighted by molar-refractivity contribution is -0.169. The molecular weight excluding hydrogens is 649 g/mol. The van der Waals surface area contributed by atoms with Gasteiger partial charge in [0.25, 0.3) is 0 Å². The summed E-state index contributed by atoms with van der Waals surface area (Å²) in [6, 6.07) is 7.55. The van der Waals surface area contributed by atoms with Crippen molar-refractivity contribution in [3.8, 4) is 11.8 Å². The molecule has 5 rings (SSSR count). The highest BCUT2D eigenvalue weighted by molar-refractivity contribution is 5.97. The number of aliphatic hydroxyl groups excluding tert-OH is 1. The molecule has 3 fully saturated rings. The monoisotopic (exact) mass is 710 g/mol. The zero-order chi connectivity index (χ0) is 37.5. The third kappa shape index (κ3) is 9.16. The van der Waals surface area contributed by atoms with E-state index < -0.39 is 28.9 Å². The van der Waals surface area contributed by atoms with Crippen LogP contribution in [0.15, 0.2) is 83.0 Å². The van der Waals surface area contributed by atoms with Crippen LogP contribution in [0.25, 0.3) is 0 Å². The molecule has 7 N–H and O–H groups in total. The lowest BCUT2D eigenvalue weighted by atomic mass is 9.52. The van der Waals surface area contributed by atoms with E-state index in [1.165, 1.54) is 5.57 Å². The third-order valence-electron chi connectivity index (χ3n) is 12.7. The van der Waals surface area contributed by atoms with Crippen molar-refractivity contribution in [1.29, 1.82) is 0 Å². The second kappa shape index (κ2) is 17.4. The summed E-state index contributed by atoms with van der Waals surface area (Å²) in [6.45, 7) is 10.7. The number of benzene rings is 1. The maximum absolute atomic E-state index is 14.1. The Morgan fingerprint density at radius 1 is 1.12 bits per heavy atom. The van der Waals surface area contributed by atoms with Crippen molar-refractivity contribution in [2.45, 2.75) is 134 Å². The van der Waals surface area contributed by atoms with Crippen molar-refractivity contribution in [3.63, 3.8) is 0 Å². The Hall–Kier alpha value is -3.09. The van der Waals surface area contributed by atoms with E-state index in [4.69, 9.17) is 16.2 Å². The molecule has 5 unspecified atom stereocenters. The van der Waals surface area contributed by atoms with Gasteiger partial charge < -0.3 is 31.5 Å². The maximum atomic E-state index is 14.1. The second-order valence-corrected chi connectivity index (χ2v) is 16.3. The van der Waals surface area contributed by atoms with E-state index in [0.29, 0.717) is 63.7 Å². The van der Waals surface area contributed by atoms with Gasteiger partial charge in [-0.1, -0.05) is 96.6 Å². The number of Topliss-reactive ketones (excluding diaryl/α,β-unsaturated/α-hetero) is 1. The van der Waals surface area contributed by atoms with Gasteiger partial charge in [-0.2, -0.15) is 0 Å². The van der Waals surface area contributed by atoms with Gasteiger partial charge in [0.05, 0.1) is 30.1 Å². The van der Waals surface area contributed by atoms with Gasteiger partial charge in [-0.25, -0.2) is 0 Å². The first kappa shape index (κ1) is 40.1. The first-order valence-corrected chi connectivity index (χ1v) is 19.5. The predicted molar refractivity (Wildman–Crippen MR) is 209 cm³/mol. The van der Waals surface area contributed by atoms with Crippen molar-refractivity contribution >= 4 is 5.78 Å². The molecule has 5 atom stereocenters. The number of carbonyl (C=O) groups is 1. The van der Waals surface area contributed by atoms with E-state index in [2.05, 4.69) is 31.4 Å². The molecule has 3 saturated carbocycles. The number of rotatable bonds is 8. The number of ether oxygens (including phenoxy) is 1. The third-order valence-corrected chi connectivity index (χ3v) is 12.7. The van der Waals surface area contributed by atoms with Gasteiger partial charge in [-0.15, -0.1) is 0 Å². The lowest BCUT2D eigenvalue weighted by Gasteiger charge is -2.56. The Morgan fingerprint density at radius 2 is 1.88 bits per heavy atom. The van der Waals surface area contributed by atoms with E-state index in [1.807, 2.05) is 56.3 Å². The smallest absolute Gasteiger partial charge is 0.162 e. The molecule has 0 saturated heterocycles. The molecule has 1 aromatic carbocycles. The summed E-state index contributed by atoms with van der Waals surface area (Å²) in [4.78, 5) is 14.1. The summed E-state index contributed by atoms with van der Waals surface area (Å²) in [5, 5.41) is 36.7.